The van der Waals surface area contributed by atoms with Gasteiger partial charge in [-0.3, -0.25) is 9.59 Å². The Bertz CT molecular complexity index is 1440. The summed E-state index contributed by atoms with van der Waals surface area (Å²) in [6.45, 7) is 3.26. The molecule has 2 amide bonds. The molecule has 3 aromatic carbocycles. The Hall–Kier alpha value is -3.89. The summed E-state index contributed by atoms with van der Waals surface area (Å²) in [5, 5.41) is 2.87. The zero-order valence-corrected chi connectivity index (χ0v) is 23.2. The summed E-state index contributed by atoms with van der Waals surface area (Å²) in [6, 6.07) is 22.7. The molecule has 9 nitrogen and oxygen atoms in total. The Labute approximate surface area is 234 Å². The van der Waals surface area contributed by atoms with Crippen LogP contribution in [0.15, 0.2) is 83.8 Å². The van der Waals surface area contributed by atoms with E-state index < -0.39 is 16.1 Å². The Morgan fingerprint density at radius 3 is 2.35 bits per heavy atom. The van der Waals surface area contributed by atoms with Gasteiger partial charge in [0.1, 0.15) is 11.5 Å². The molecule has 0 saturated carbocycles. The van der Waals surface area contributed by atoms with Crippen LogP contribution < -0.4 is 19.7 Å². The minimum atomic E-state index is -3.57. The Morgan fingerprint density at radius 2 is 1.62 bits per heavy atom. The largest absolute Gasteiger partial charge is 0.484 e. The zero-order valence-electron chi connectivity index (χ0n) is 22.4. The van der Waals surface area contributed by atoms with Crippen LogP contribution >= 0.6 is 0 Å². The van der Waals surface area contributed by atoms with Crippen LogP contribution in [-0.4, -0.2) is 56.9 Å². The third-order valence-corrected chi connectivity index (χ3v) is 9.16. The molecule has 1 saturated heterocycles. The van der Waals surface area contributed by atoms with Crippen molar-refractivity contribution >= 4 is 27.5 Å². The van der Waals surface area contributed by atoms with E-state index in [-0.39, 0.29) is 29.9 Å². The first-order valence-electron chi connectivity index (χ1n) is 13.4. The Balaban J connectivity index is 1.21. The minimum absolute atomic E-state index is 0.0332. The molecule has 2 heterocycles. The maximum Gasteiger partial charge on any atom is 0.265 e. The number of para-hydroxylation sites is 2. The molecular formula is C30H33N3O6S. The van der Waals surface area contributed by atoms with Crippen LogP contribution in [0.5, 0.6) is 11.5 Å². The maximum atomic E-state index is 13.3. The van der Waals surface area contributed by atoms with Crippen molar-refractivity contribution in [3.05, 3.63) is 84.4 Å². The molecule has 0 aliphatic carbocycles. The lowest BCUT2D eigenvalue weighted by Gasteiger charge is -2.34. The quantitative estimate of drug-likeness (QED) is 0.449. The number of amides is 2. The number of benzene rings is 3. The van der Waals surface area contributed by atoms with Crippen LogP contribution in [0.3, 0.4) is 0 Å². The number of nitrogens with one attached hydrogen (secondary N) is 1. The Kier molecular flexibility index (Phi) is 8.37. The van der Waals surface area contributed by atoms with Gasteiger partial charge in [0.25, 0.3) is 11.8 Å². The van der Waals surface area contributed by atoms with Gasteiger partial charge in [-0.1, -0.05) is 49.4 Å². The van der Waals surface area contributed by atoms with E-state index in [2.05, 4.69) is 12.2 Å². The molecule has 10 heteroatoms. The van der Waals surface area contributed by atoms with Crippen molar-refractivity contribution < 1.29 is 27.5 Å². The number of hydrogen-bond donors (Lipinski definition) is 1. The predicted octanol–water partition coefficient (Wildman–Crippen LogP) is 3.60. The molecule has 5 rings (SSSR count). The van der Waals surface area contributed by atoms with Crippen molar-refractivity contribution in [2.75, 3.05) is 31.1 Å². The van der Waals surface area contributed by atoms with E-state index in [1.807, 2.05) is 30.3 Å². The van der Waals surface area contributed by atoms with Crippen molar-refractivity contribution in [2.24, 2.45) is 5.92 Å². The van der Waals surface area contributed by atoms with Gasteiger partial charge in [-0.2, -0.15) is 4.31 Å². The second kappa shape index (κ2) is 12.1. The molecule has 0 spiro atoms. The van der Waals surface area contributed by atoms with E-state index in [1.165, 1.54) is 21.3 Å². The average Bonchev–Trinajstić information content (AvgIpc) is 2.99. The molecule has 40 heavy (non-hydrogen) atoms. The zero-order chi connectivity index (χ0) is 28.1. The molecule has 1 atom stereocenters. The van der Waals surface area contributed by atoms with Gasteiger partial charge >= 0.3 is 0 Å². The predicted molar refractivity (Wildman–Crippen MR) is 151 cm³/mol. The van der Waals surface area contributed by atoms with E-state index in [0.717, 1.165) is 18.4 Å². The first-order valence-corrected chi connectivity index (χ1v) is 14.9. The van der Waals surface area contributed by atoms with Gasteiger partial charge in [-0.15, -0.1) is 0 Å². The maximum absolute atomic E-state index is 13.3. The highest BCUT2D eigenvalue weighted by Gasteiger charge is 2.34. The molecule has 1 fully saturated rings. The summed E-state index contributed by atoms with van der Waals surface area (Å²) in [7, 11) is -3.57. The summed E-state index contributed by atoms with van der Waals surface area (Å²) in [5.41, 5.74) is 1.51. The number of nitrogens with zero attached hydrogens (tertiary/aromatic N) is 2. The van der Waals surface area contributed by atoms with Crippen LogP contribution in [0.2, 0.25) is 0 Å². The average molecular weight is 564 g/mol. The van der Waals surface area contributed by atoms with Gasteiger partial charge in [0.2, 0.25) is 10.0 Å². The molecular weight excluding hydrogens is 530 g/mol. The topological polar surface area (TPSA) is 105 Å². The second-order valence-corrected chi connectivity index (χ2v) is 12.1. The highest BCUT2D eigenvalue weighted by Crippen LogP contribution is 2.33. The number of piperidine rings is 1. The summed E-state index contributed by atoms with van der Waals surface area (Å²) in [4.78, 5) is 27.9. The van der Waals surface area contributed by atoms with E-state index in [9.17, 15) is 18.0 Å². The van der Waals surface area contributed by atoms with Crippen molar-refractivity contribution in [2.45, 2.75) is 37.3 Å². The van der Waals surface area contributed by atoms with Crippen LogP contribution in [0.1, 0.15) is 25.3 Å². The number of rotatable bonds is 8. The summed E-state index contributed by atoms with van der Waals surface area (Å²) in [6.07, 6.45) is 0.815. The molecule has 2 aliphatic heterocycles. The van der Waals surface area contributed by atoms with Crippen LogP contribution in [0.4, 0.5) is 5.69 Å². The monoisotopic (exact) mass is 563 g/mol. The summed E-state index contributed by atoms with van der Waals surface area (Å²) in [5.74, 6) is 0.659. The van der Waals surface area contributed by atoms with Crippen LogP contribution in [0.25, 0.3) is 0 Å². The molecule has 0 aromatic heterocycles. The summed E-state index contributed by atoms with van der Waals surface area (Å²) >= 11 is 0. The van der Waals surface area contributed by atoms with E-state index in [1.54, 1.807) is 36.4 Å². The fourth-order valence-electron chi connectivity index (χ4n) is 4.81. The van der Waals surface area contributed by atoms with Gasteiger partial charge in [0.05, 0.1) is 17.1 Å². The van der Waals surface area contributed by atoms with Crippen LogP contribution in [0, 0.1) is 5.92 Å². The molecule has 210 valence electrons. The van der Waals surface area contributed by atoms with Crippen molar-refractivity contribution in [3.8, 4) is 11.5 Å². The smallest absolute Gasteiger partial charge is 0.265 e. The Morgan fingerprint density at radius 1 is 0.950 bits per heavy atom. The van der Waals surface area contributed by atoms with E-state index >= 15 is 0 Å². The first kappa shape index (κ1) is 27.7. The highest BCUT2D eigenvalue weighted by atomic mass is 32.2. The molecule has 2 aliphatic rings. The third-order valence-electron chi connectivity index (χ3n) is 7.24. The fraction of sp³-hybridized carbons (Fsp3) is 0.333. The number of sulfonamides is 1. The number of anilines is 1. The molecule has 0 unspecified atom stereocenters. The van der Waals surface area contributed by atoms with Gasteiger partial charge in [0.15, 0.2) is 12.7 Å². The van der Waals surface area contributed by atoms with Gasteiger partial charge in [0, 0.05) is 19.6 Å². The highest BCUT2D eigenvalue weighted by molar-refractivity contribution is 7.89. The molecule has 3 aromatic rings. The SMILES string of the molecule is CC1CCN(S(=O)(=O)c2ccc(OCC(=O)N3C[C@@H](C(=O)NCc4ccccc4)Oc4ccccc43)cc2)CC1. The number of fused-ring (bicyclic) bond motifs is 1. The fourth-order valence-corrected chi connectivity index (χ4v) is 6.28. The number of carbonyl (C=O) groups is 2. The number of carbonyl (C=O) groups excluding carboxylic acids is 2. The molecule has 1 N–H and O–H groups in total. The van der Waals surface area contributed by atoms with Crippen molar-refractivity contribution in [1.29, 1.82) is 0 Å². The van der Waals surface area contributed by atoms with E-state index in [0.29, 0.717) is 42.7 Å². The van der Waals surface area contributed by atoms with Crippen molar-refractivity contribution in [1.82, 2.24) is 9.62 Å². The van der Waals surface area contributed by atoms with Gasteiger partial charge in [-0.25, -0.2) is 8.42 Å². The third kappa shape index (κ3) is 6.29. The summed E-state index contributed by atoms with van der Waals surface area (Å²) < 4.78 is 39.1. The lowest BCUT2D eigenvalue weighted by atomic mass is 10.0. The molecule has 0 bridgehead atoms. The second-order valence-electron chi connectivity index (χ2n) is 10.1. The van der Waals surface area contributed by atoms with Crippen LogP contribution in [-0.2, 0) is 26.2 Å². The number of hydrogen-bond acceptors (Lipinski definition) is 6. The first-order chi connectivity index (χ1) is 19.3. The normalized spacial score (nSPS) is 17.9. The van der Waals surface area contributed by atoms with Gasteiger partial charge in [-0.05, 0) is 60.7 Å². The van der Waals surface area contributed by atoms with Crippen molar-refractivity contribution in [3.63, 3.8) is 0 Å². The van der Waals surface area contributed by atoms with Gasteiger partial charge < -0.3 is 19.7 Å². The lowest BCUT2D eigenvalue weighted by molar-refractivity contribution is -0.128. The standard InChI is InChI=1S/C30H33N3O6S/c1-22-15-17-32(18-16-22)40(36,37)25-13-11-24(12-14-25)38-21-29(34)33-20-28(39-27-10-6-5-9-26(27)33)30(35)31-19-23-7-3-2-4-8-23/h2-14,22,28H,15-21H2,1H3,(H,31,35)/t28-/m0/s1. The number of ether oxygens (including phenoxy) is 2. The minimum Gasteiger partial charge on any atom is -0.484 e. The van der Waals surface area contributed by atoms with E-state index in [4.69, 9.17) is 9.47 Å². The molecule has 0 radical (unpaired) electrons. The lowest BCUT2D eigenvalue weighted by Crippen LogP contribution is -2.51.